The number of hydrogen-bond donors (Lipinski definition) is 1. The van der Waals surface area contributed by atoms with Gasteiger partial charge in [-0.05, 0) is 48.6 Å². The average Bonchev–Trinajstić information content (AvgIpc) is 3.46. The van der Waals surface area contributed by atoms with Crippen LogP contribution in [0.2, 0.25) is 10.0 Å². The first-order valence-electron chi connectivity index (χ1n) is 11.3. The Hall–Kier alpha value is -2.92. The number of carbonyl (C=O) groups is 2. The zero-order valence-electron chi connectivity index (χ0n) is 19.8. The Labute approximate surface area is 229 Å². The lowest BCUT2D eigenvalue weighted by molar-refractivity contribution is -0.140. The standard InChI is InChI=1S/C25H22Cl2N2O6S2/c1-3-6-16-20(24(33)34-4-2)21(17-7-5-8-36-17)29-23(32)18(37-25(29)28-16)11-13-9-14(26)22(15(27)10-13)35-12-19(30)31/h5,7-11,21H,3-4,6,12H2,1-2H3,(H,30,31)/b18-11-/t21-/m0/s1. The lowest BCUT2D eigenvalue weighted by Crippen LogP contribution is -2.39. The summed E-state index contributed by atoms with van der Waals surface area (Å²) in [6.45, 7) is 3.35. The number of esters is 1. The van der Waals surface area contributed by atoms with Gasteiger partial charge < -0.3 is 14.6 Å². The predicted octanol–water partition coefficient (Wildman–Crippen LogP) is 4.41. The number of rotatable bonds is 9. The molecule has 0 bridgehead atoms. The maximum atomic E-state index is 13.7. The van der Waals surface area contributed by atoms with E-state index in [0.29, 0.717) is 32.6 Å². The Morgan fingerprint density at radius 1 is 1.24 bits per heavy atom. The summed E-state index contributed by atoms with van der Waals surface area (Å²) in [6, 6.07) is 6.17. The Kier molecular flexibility index (Phi) is 8.53. The lowest BCUT2D eigenvalue weighted by atomic mass is 9.99. The molecule has 0 spiro atoms. The topological polar surface area (TPSA) is 107 Å². The number of aliphatic carboxylic acids is 1. The zero-order valence-corrected chi connectivity index (χ0v) is 23.0. The van der Waals surface area contributed by atoms with E-state index in [1.165, 1.54) is 39.4 Å². The van der Waals surface area contributed by atoms with Crippen LogP contribution < -0.4 is 19.6 Å². The number of fused-ring (bicyclic) bond motifs is 1. The quantitative estimate of drug-likeness (QED) is 0.376. The van der Waals surface area contributed by atoms with E-state index in [1.807, 2.05) is 24.4 Å². The molecule has 0 amide bonds. The van der Waals surface area contributed by atoms with Gasteiger partial charge in [-0.25, -0.2) is 14.6 Å². The van der Waals surface area contributed by atoms with Crippen LogP contribution in [0.3, 0.4) is 0 Å². The van der Waals surface area contributed by atoms with Crippen molar-refractivity contribution >= 4 is 63.9 Å². The van der Waals surface area contributed by atoms with Gasteiger partial charge in [-0.3, -0.25) is 9.36 Å². The van der Waals surface area contributed by atoms with Gasteiger partial charge in [0.25, 0.3) is 5.56 Å². The molecule has 1 atom stereocenters. The summed E-state index contributed by atoms with van der Waals surface area (Å²) >= 11 is 15.2. The van der Waals surface area contributed by atoms with Crippen LogP contribution in [0.4, 0.5) is 0 Å². The van der Waals surface area contributed by atoms with Crippen molar-refractivity contribution in [3.05, 3.63) is 81.1 Å². The fraction of sp³-hybridized carbons (Fsp3) is 0.280. The van der Waals surface area contributed by atoms with Gasteiger partial charge in [-0.15, -0.1) is 11.3 Å². The molecule has 37 heavy (non-hydrogen) atoms. The van der Waals surface area contributed by atoms with Crippen molar-refractivity contribution < 1.29 is 24.2 Å². The fourth-order valence-corrected chi connectivity index (χ4v) is 6.38. The summed E-state index contributed by atoms with van der Waals surface area (Å²) in [4.78, 5) is 43.6. The summed E-state index contributed by atoms with van der Waals surface area (Å²) < 4.78 is 12.4. The van der Waals surface area contributed by atoms with Crippen LogP contribution in [0, 0.1) is 0 Å². The highest BCUT2D eigenvalue weighted by Gasteiger charge is 2.34. The van der Waals surface area contributed by atoms with Crippen molar-refractivity contribution in [2.24, 2.45) is 4.99 Å². The minimum Gasteiger partial charge on any atom is -0.479 e. The molecule has 0 saturated carbocycles. The van der Waals surface area contributed by atoms with Crippen LogP contribution in [0.25, 0.3) is 6.08 Å². The van der Waals surface area contributed by atoms with Crippen molar-refractivity contribution in [1.29, 1.82) is 0 Å². The Balaban J connectivity index is 1.87. The van der Waals surface area contributed by atoms with E-state index in [0.717, 1.165) is 11.3 Å². The third-order valence-corrected chi connectivity index (χ3v) is 7.83. The van der Waals surface area contributed by atoms with Gasteiger partial charge in [-0.1, -0.05) is 53.9 Å². The second-order valence-corrected chi connectivity index (χ2v) is 10.7. The lowest BCUT2D eigenvalue weighted by Gasteiger charge is -2.24. The molecule has 1 aromatic carbocycles. The van der Waals surface area contributed by atoms with Gasteiger partial charge >= 0.3 is 11.9 Å². The minimum absolute atomic E-state index is 0.0466. The normalized spacial score (nSPS) is 15.4. The summed E-state index contributed by atoms with van der Waals surface area (Å²) in [7, 11) is 0. The maximum Gasteiger partial charge on any atom is 0.341 e. The molecule has 12 heteroatoms. The predicted molar refractivity (Wildman–Crippen MR) is 144 cm³/mol. The summed E-state index contributed by atoms with van der Waals surface area (Å²) in [5, 5.41) is 11.0. The first-order valence-corrected chi connectivity index (χ1v) is 13.8. The van der Waals surface area contributed by atoms with E-state index in [4.69, 9.17) is 42.8 Å². The molecule has 0 unspecified atom stereocenters. The highest BCUT2D eigenvalue weighted by atomic mass is 35.5. The summed E-state index contributed by atoms with van der Waals surface area (Å²) in [5.41, 5.74) is 1.18. The molecule has 2 aromatic heterocycles. The number of thiophene rings is 1. The molecule has 4 rings (SSSR count). The summed E-state index contributed by atoms with van der Waals surface area (Å²) in [5.74, 6) is -1.61. The Morgan fingerprint density at radius 3 is 2.57 bits per heavy atom. The van der Waals surface area contributed by atoms with Gasteiger partial charge in [0.05, 0.1) is 32.5 Å². The van der Waals surface area contributed by atoms with Crippen LogP contribution in [0.5, 0.6) is 5.75 Å². The van der Waals surface area contributed by atoms with Gasteiger partial charge in [-0.2, -0.15) is 0 Å². The van der Waals surface area contributed by atoms with Crippen LogP contribution in [-0.2, 0) is 14.3 Å². The average molecular weight is 581 g/mol. The van der Waals surface area contributed by atoms with Crippen LogP contribution in [0.1, 0.15) is 43.2 Å². The Morgan fingerprint density at radius 2 is 1.97 bits per heavy atom. The molecule has 1 aliphatic rings. The largest absolute Gasteiger partial charge is 0.479 e. The molecule has 3 heterocycles. The smallest absolute Gasteiger partial charge is 0.341 e. The van der Waals surface area contributed by atoms with Gasteiger partial charge in [0.2, 0.25) is 0 Å². The third-order valence-electron chi connectivity index (χ3n) is 5.36. The summed E-state index contributed by atoms with van der Waals surface area (Å²) in [6.07, 6.45) is 2.95. The number of ether oxygens (including phenoxy) is 2. The van der Waals surface area contributed by atoms with Gasteiger partial charge in [0.1, 0.15) is 6.04 Å². The number of carboxylic acid groups (broad SMARTS) is 1. The first-order chi connectivity index (χ1) is 17.7. The van der Waals surface area contributed by atoms with Crippen molar-refractivity contribution in [2.45, 2.75) is 32.7 Å². The third kappa shape index (κ3) is 5.67. The van der Waals surface area contributed by atoms with Crippen molar-refractivity contribution in [1.82, 2.24) is 4.57 Å². The number of carbonyl (C=O) groups excluding carboxylic acids is 1. The van der Waals surface area contributed by atoms with E-state index in [9.17, 15) is 14.4 Å². The van der Waals surface area contributed by atoms with Crippen LogP contribution in [-0.4, -0.2) is 34.8 Å². The van der Waals surface area contributed by atoms with Crippen molar-refractivity contribution in [2.75, 3.05) is 13.2 Å². The Bertz CT molecular complexity index is 1530. The van der Waals surface area contributed by atoms with E-state index in [-0.39, 0.29) is 28.0 Å². The van der Waals surface area contributed by atoms with E-state index >= 15 is 0 Å². The molecule has 0 aliphatic carbocycles. The molecule has 0 radical (unpaired) electrons. The minimum atomic E-state index is -1.16. The van der Waals surface area contributed by atoms with E-state index in [2.05, 4.69) is 0 Å². The number of benzene rings is 1. The first kappa shape index (κ1) is 27.1. The highest BCUT2D eigenvalue weighted by Crippen LogP contribution is 2.36. The SMILES string of the molecule is CCCC1=C(C(=O)OCC)[C@H](c2cccs2)n2c(s/c(=C\c3cc(Cl)c(OCC(=O)O)c(Cl)c3)c2=O)=N1. The van der Waals surface area contributed by atoms with E-state index < -0.39 is 24.6 Å². The number of thiazole rings is 1. The van der Waals surface area contributed by atoms with Crippen molar-refractivity contribution in [3.8, 4) is 5.75 Å². The molecule has 1 N–H and O–H groups in total. The molecule has 0 fully saturated rings. The number of allylic oxidation sites excluding steroid dienone is 1. The molecule has 1 aliphatic heterocycles. The molecule has 3 aromatic rings. The van der Waals surface area contributed by atoms with Crippen molar-refractivity contribution in [3.63, 3.8) is 0 Å². The number of hydrogen-bond acceptors (Lipinski definition) is 8. The number of carboxylic acids is 1. The molecule has 0 saturated heterocycles. The second-order valence-electron chi connectivity index (χ2n) is 7.93. The maximum absolute atomic E-state index is 13.7. The van der Waals surface area contributed by atoms with Crippen LogP contribution >= 0.6 is 45.9 Å². The molecule has 8 nitrogen and oxygen atoms in total. The van der Waals surface area contributed by atoms with E-state index in [1.54, 1.807) is 13.0 Å². The fourth-order valence-electron chi connectivity index (χ4n) is 3.92. The number of nitrogens with zero attached hydrogens (tertiary/aromatic N) is 2. The zero-order chi connectivity index (χ0) is 26.7. The van der Waals surface area contributed by atoms with Crippen LogP contribution in [0.15, 0.2) is 50.7 Å². The molecular formula is C25H22Cl2N2O6S2. The van der Waals surface area contributed by atoms with Gasteiger partial charge in [0, 0.05) is 4.88 Å². The molecular weight excluding hydrogens is 559 g/mol. The highest BCUT2D eigenvalue weighted by molar-refractivity contribution is 7.10. The number of halogens is 2. The molecule has 194 valence electrons. The second kappa shape index (κ2) is 11.6. The number of aromatic nitrogens is 1. The monoisotopic (exact) mass is 580 g/mol. The van der Waals surface area contributed by atoms with Gasteiger partial charge in [0.15, 0.2) is 17.2 Å².